The maximum Gasteiger partial charge on any atom is 0.270 e. The predicted octanol–water partition coefficient (Wildman–Crippen LogP) is 6.67. The number of carbonyl (C=O) groups is 2. The van der Waals surface area contributed by atoms with Crippen molar-refractivity contribution in [3.05, 3.63) is 128 Å². The number of rotatable bonds is 10. The minimum Gasteiger partial charge on any atom is -0.483 e. The maximum atomic E-state index is 13.5. The molecular weight excluding hydrogens is 606 g/mol. The fourth-order valence-electron chi connectivity index (χ4n) is 4.03. The molecule has 1 aromatic heterocycles. The highest BCUT2D eigenvalue weighted by molar-refractivity contribution is 8.18. The van der Waals surface area contributed by atoms with Crippen LogP contribution < -0.4 is 10.1 Å². The molecule has 0 unspecified atom stereocenters. The molecule has 1 aliphatic heterocycles. The van der Waals surface area contributed by atoms with Gasteiger partial charge >= 0.3 is 0 Å². The molecule has 44 heavy (non-hydrogen) atoms. The van der Waals surface area contributed by atoms with Crippen molar-refractivity contribution >= 4 is 64.0 Å². The molecule has 0 bridgehead atoms. The molecular formula is C31H24ClN5O6S. The number of non-ortho nitro benzene ring substituents is 1. The van der Waals surface area contributed by atoms with E-state index in [0.717, 1.165) is 17.3 Å². The van der Waals surface area contributed by atoms with E-state index in [0.29, 0.717) is 38.3 Å². The van der Waals surface area contributed by atoms with Crippen LogP contribution in [-0.4, -0.2) is 39.6 Å². The SMILES string of the molecule is Cc1ccc(NC(=O)COc2ccc(Cl)cc2/C=C2\S/C(=N\N=C\c3cccc([N+](=O)[O-])c3)N(Cc3ccco3)C2=O)cc1. The molecule has 0 spiro atoms. The van der Waals surface area contributed by atoms with E-state index in [1.165, 1.54) is 29.5 Å². The minimum absolute atomic E-state index is 0.0798. The van der Waals surface area contributed by atoms with Gasteiger partial charge in [0.1, 0.15) is 11.5 Å². The van der Waals surface area contributed by atoms with Gasteiger partial charge in [-0.1, -0.05) is 41.4 Å². The summed E-state index contributed by atoms with van der Waals surface area (Å²) in [5.41, 5.74) is 2.59. The molecule has 0 aliphatic carbocycles. The molecule has 2 amide bonds. The average molecular weight is 630 g/mol. The number of nitro groups is 1. The van der Waals surface area contributed by atoms with Crippen LogP contribution in [-0.2, 0) is 16.1 Å². The number of thioether (sulfide) groups is 1. The van der Waals surface area contributed by atoms with Crippen LogP contribution in [0.25, 0.3) is 6.08 Å². The summed E-state index contributed by atoms with van der Waals surface area (Å²) in [6, 6.07) is 21.6. The molecule has 1 N–H and O–H groups in total. The Morgan fingerprint density at radius 3 is 2.70 bits per heavy atom. The van der Waals surface area contributed by atoms with Crippen molar-refractivity contribution in [2.45, 2.75) is 13.5 Å². The third kappa shape index (κ3) is 7.79. The second-order valence-electron chi connectivity index (χ2n) is 9.45. The molecule has 3 aromatic carbocycles. The van der Waals surface area contributed by atoms with Gasteiger partial charge in [0.15, 0.2) is 11.8 Å². The molecule has 1 aliphatic rings. The quantitative estimate of drug-likeness (QED) is 0.0894. The van der Waals surface area contributed by atoms with E-state index in [9.17, 15) is 19.7 Å². The number of amidine groups is 1. The first-order valence-corrected chi connectivity index (χ1v) is 14.3. The highest BCUT2D eigenvalue weighted by Crippen LogP contribution is 2.36. The number of aryl methyl sites for hydroxylation is 1. The van der Waals surface area contributed by atoms with Crippen molar-refractivity contribution in [2.75, 3.05) is 11.9 Å². The minimum atomic E-state index is -0.499. The van der Waals surface area contributed by atoms with Gasteiger partial charge in [0.25, 0.3) is 17.5 Å². The van der Waals surface area contributed by atoms with Gasteiger partial charge in [0.05, 0.1) is 28.9 Å². The largest absolute Gasteiger partial charge is 0.483 e. The lowest BCUT2D eigenvalue weighted by molar-refractivity contribution is -0.384. The topological polar surface area (TPSA) is 140 Å². The van der Waals surface area contributed by atoms with E-state index in [1.54, 1.807) is 60.7 Å². The Bertz CT molecular complexity index is 1790. The Hall–Kier alpha value is -5.20. The van der Waals surface area contributed by atoms with Gasteiger partial charge in [-0.3, -0.25) is 24.6 Å². The highest BCUT2D eigenvalue weighted by atomic mass is 35.5. The van der Waals surface area contributed by atoms with Crippen molar-refractivity contribution < 1.29 is 23.7 Å². The molecule has 0 atom stereocenters. The zero-order valence-electron chi connectivity index (χ0n) is 23.2. The molecule has 1 saturated heterocycles. The third-order valence-electron chi connectivity index (χ3n) is 6.17. The summed E-state index contributed by atoms with van der Waals surface area (Å²) in [4.78, 5) is 38.4. The van der Waals surface area contributed by atoms with Crippen LogP contribution in [0.4, 0.5) is 11.4 Å². The van der Waals surface area contributed by atoms with Crippen molar-refractivity contribution in [3.63, 3.8) is 0 Å². The Kier molecular flexibility index (Phi) is 9.52. The number of anilines is 1. The Balaban J connectivity index is 1.37. The molecule has 13 heteroatoms. The molecule has 11 nitrogen and oxygen atoms in total. The van der Waals surface area contributed by atoms with Crippen molar-refractivity contribution in [2.24, 2.45) is 10.2 Å². The van der Waals surface area contributed by atoms with Crippen LogP contribution in [0.1, 0.15) is 22.5 Å². The number of furan rings is 1. The van der Waals surface area contributed by atoms with Gasteiger partial charge < -0.3 is 14.5 Å². The number of hydrogen-bond acceptors (Lipinski definition) is 9. The molecule has 4 aromatic rings. The summed E-state index contributed by atoms with van der Waals surface area (Å²) in [7, 11) is 0. The van der Waals surface area contributed by atoms with Crippen LogP contribution in [0.5, 0.6) is 5.75 Å². The monoisotopic (exact) mass is 629 g/mol. The Morgan fingerprint density at radius 1 is 1.14 bits per heavy atom. The van der Waals surface area contributed by atoms with Gasteiger partial charge in [-0.15, -0.1) is 5.10 Å². The highest BCUT2D eigenvalue weighted by Gasteiger charge is 2.34. The molecule has 0 saturated carbocycles. The summed E-state index contributed by atoms with van der Waals surface area (Å²) in [6.45, 7) is 1.78. The summed E-state index contributed by atoms with van der Waals surface area (Å²) in [5, 5.41) is 22.9. The first-order valence-electron chi connectivity index (χ1n) is 13.1. The van der Waals surface area contributed by atoms with E-state index in [2.05, 4.69) is 15.5 Å². The summed E-state index contributed by atoms with van der Waals surface area (Å²) in [5.74, 6) is 0.163. The smallest absolute Gasteiger partial charge is 0.270 e. The van der Waals surface area contributed by atoms with Gasteiger partial charge in [-0.05, 0) is 67.2 Å². The molecule has 2 heterocycles. The van der Waals surface area contributed by atoms with Gasteiger partial charge in [-0.25, -0.2) is 0 Å². The Labute approximate surface area is 261 Å². The van der Waals surface area contributed by atoms with E-state index in [4.69, 9.17) is 20.8 Å². The van der Waals surface area contributed by atoms with Gasteiger partial charge in [0.2, 0.25) is 0 Å². The maximum absolute atomic E-state index is 13.5. The molecule has 5 rings (SSSR count). The number of hydrogen-bond donors (Lipinski definition) is 1. The van der Waals surface area contributed by atoms with Crippen molar-refractivity contribution in [3.8, 4) is 5.75 Å². The predicted molar refractivity (Wildman–Crippen MR) is 170 cm³/mol. The zero-order chi connectivity index (χ0) is 31.1. The number of amides is 2. The van der Waals surface area contributed by atoms with Crippen LogP contribution in [0, 0.1) is 17.0 Å². The summed E-state index contributed by atoms with van der Waals surface area (Å²) >= 11 is 7.34. The number of ether oxygens (including phenoxy) is 1. The van der Waals surface area contributed by atoms with Crippen molar-refractivity contribution in [1.29, 1.82) is 0 Å². The second kappa shape index (κ2) is 13.8. The lowest BCUT2D eigenvalue weighted by Gasteiger charge is -2.13. The molecule has 222 valence electrons. The van der Waals surface area contributed by atoms with E-state index >= 15 is 0 Å². The number of halogens is 1. The average Bonchev–Trinajstić information content (AvgIpc) is 3.62. The fraction of sp³-hybridized carbons (Fsp3) is 0.0968. The van der Waals surface area contributed by atoms with E-state index in [-0.39, 0.29) is 35.8 Å². The second-order valence-corrected chi connectivity index (χ2v) is 10.9. The van der Waals surface area contributed by atoms with Gasteiger partial charge in [0, 0.05) is 34.0 Å². The lowest BCUT2D eigenvalue weighted by Crippen LogP contribution is -2.28. The lowest BCUT2D eigenvalue weighted by atomic mass is 10.2. The summed E-state index contributed by atoms with van der Waals surface area (Å²) in [6.07, 6.45) is 4.47. The third-order valence-corrected chi connectivity index (χ3v) is 7.40. The van der Waals surface area contributed by atoms with Crippen LogP contribution in [0.2, 0.25) is 5.02 Å². The van der Waals surface area contributed by atoms with E-state index < -0.39 is 4.92 Å². The summed E-state index contributed by atoms with van der Waals surface area (Å²) < 4.78 is 11.2. The number of benzene rings is 3. The standard InChI is InChI=1S/C31H24ClN5O6S/c1-20-7-10-24(11-8-20)34-29(38)19-43-27-12-9-23(32)15-22(27)16-28-30(39)36(18-26-6-3-13-42-26)31(44-28)35-33-17-21-4-2-5-25(14-21)37(40)41/h2-17H,18-19H2,1H3,(H,34,38)/b28-16-,33-17+,35-31-. The zero-order valence-corrected chi connectivity index (χ0v) is 24.7. The van der Waals surface area contributed by atoms with Gasteiger partial charge in [-0.2, -0.15) is 5.10 Å². The van der Waals surface area contributed by atoms with Crippen LogP contribution in [0.3, 0.4) is 0 Å². The Morgan fingerprint density at radius 2 is 1.95 bits per heavy atom. The fourth-order valence-corrected chi connectivity index (χ4v) is 5.13. The van der Waals surface area contributed by atoms with Crippen LogP contribution in [0.15, 0.2) is 105 Å². The molecule has 0 radical (unpaired) electrons. The number of nitro benzene ring substituents is 1. The number of nitrogens with zero attached hydrogens (tertiary/aromatic N) is 4. The van der Waals surface area contributed by atoms with Crippen molar-refractivity contribution in [1.82, 2.24) is 4.90 Å². The van der Waals surface area contributed by atoms with E-state index in [1.807, 2.05) is 19.1 Å². The normalized spacial score (nSPS) is 15.0. The first-order chi connectivity index (χ1) is 21.2. The molecule has 1 fully saturated rings. The first kappa shape index (κ1) is 30.3. The number of nitrogens with one attached hydrogen (secondary N) is 1. The number of carbonyl (C=O) groups excluding carboxylic acids is 2. The van der Waals surface area contributed by atoms with Crippen LogP contribution >= 0.6 is 23.4 Å².